The van der Waals surface area contributed by atoms with Gasteiger partial charge in [-0.2, -0.15) is 8.42 Å². The van der Waals surface area contributed by atoms with Crippen molar-refractivity contribution in [3.8, 4) is 0 Å². The van der Waals surface area contributed by atoms with Crippen molar-refractivity contribution in [2.45, 2.75) is 103 Å². The van der Waals surface area contributed by atoms with E-state index in [0.29, 0.717) is 11.6 Å². The molecule has 1 fully saturated rings. The van der Waals surface area contributed by atoms with Crippen LogP contribution in [0.25, 0.3) is 0 Å². The average Bonchev–Trinajstić information content (AvgIpc) is 3.52. The minimum absolute atomic E-state index is 0.000566. The fraction of sp³-hybridized carbons (Fsp3) is 0.514. The second-order valence-corrected chi connectivity index (χ2v) is 26.1. The monoisotopic (exact) mass is 740 g/mol. The third-order valence-electron chi connectivity index (χ3n) is 10.5. The summed E-state index contributed by atoms with van der Waals surface area (Å²) in [5.41, 5.74) is -2.48. The van der Waals surface area contributed by atoms with Gasteiger partial charge >= 0.3 is 5.69 Å². The quantitative estimate of drug-likeness (QED) is 0.212. The van der Waals surface area contributed by atoms with Crippen LogP contribution in [0, 0.1) is 12.3 Å². The van der Waals surface area contributed by atoms with E-state index < -0.39 is 62.0 Å². The van der Waals surface area contributed by atoms with Gasteiger partial charge in [0.05, 0.1) is 12.0 Å². The van der Waals surface area contributed by atoms with Crippen LogP contribution in [0.3, 0.4) is 0 Å². The number of rotatable bonds is 10. The van der Waals surface area contributed by atoms with Crippen molar-refractivity contribution in [2.75, 3.05) is 6.61 Å². The van der Waals surface area contributed by atoms with Gasteiger partial charge in [0.15, 0.2) is 20.1 Å². The molecular weight excluding hydrogens is 689 g/mol. The number of nitrogens with zero attached hydrogens (tertiary/aromatic N) is 2. The van der Waals surface area contributed by atoms with E-state index in [0.717, 1.165) is 26.8 Å². The van der Waals surface area contributed by atoms with Gasteiger partial charge in [0.25, 0.3) is 24.0 Å². The summed E-state index contributed by atoms with van der Waals surface area (Å²) in [4.78, 5) is 26.8. The lowest BCUT2D eigenvalue weighted by Crippen LogP contribution is -2.66. The van der Waals surface area contributed by atoms with Crippen LogP contribution in [0.1, 0.15) is 59.8 Å². The molecule has 3 heterocycles. The SMILES string of the molecule is Cc1cn([C@@H]2O[C@H](CO[Si](C)(C)C(C)(C)C)C3(C=CS(=O)(=O)O3)[C@H]2O[Si](CCC(C)(C)C)(c2ccccc2)c2ccccc2)c(=O)n(C)c1=O. The van der Waals surface area contributed by atoms with Gasteiger partial charge in [0.1, 0.15) is 12.2 Å². The van der Waals surface area contributed by atoms with E-state index in [2.05, 4.69) is 78.9 Å². The lowest BCUT2D eigenvalue weighted by atomic mass is 9.92. The van der Waals surface area contributed by atoms with Crippen LogP contribution in [-0.2, 0) is 34.9 Å². The Labute approximate surface area is 298 Å². The predicted molar refractivity (Wildman–Crippen MR) is 201 cm³/mol. The van der Waals surface area contributed by atoms with Crippen molar-refractivity contribution in [3.05, 3.63) is 105 Å². The van der Waals surface area contributed by atoms with Crippen LogP contribution in [0.15, 0.2) is 87.9 Å². The van der Waals surface area contributed by atoms with Crippen LogP contribution < -0.4 is 21.6 Å². The zero-order chi connectivity index (χ0) is 36.9. The number of hydrogen-bond donors (Lipinski definition) is 0. The van der Waals surface area contributed by atoms with Crippen molar-refractivity contribution < 1.29 is 26.2 Å². The van der Waals surface area contributed by atoms with Crippen LogP contribution in [-0.4, -0.2) is 58.6 Å². The first-order chi connectivity index (χ1) is 23.1. The normalized spacial score (nSPS) is 23.9. The third kappa shape index (κ3) is 7.36. The molecule has 3 aromatic rings. The standard InChI is InChI=1S/C37H52N2O8SSi2/c1-27-25-39(34(41)38(8)32(27)40)33-31(37(21-23-48(42,43)47-37)30(45-33)26-44-49(9,10)36(5,6)7)46-50(24-22-35(2,3)4,28-17-13-11-14-18-28)29-19-15-12-16-20-29/h11-21,23,25,30-31,33H,22,24,26H2,1-10H3/t30-,31+,33-,37?/m1/s1. The van der Waals surface area contributed by atoms with Gasteiger partial charge in [-0.25, -0.2) is 4.79 Å². The Kier molecular flexibility index (Phi) is 10.4. The molecule has 2 aliphatic rings. The molecule has 1 aromatic heterocycles. The number of aryl methyl sites for hydroxylation is 1. The van der Waals surface area contributed by atoms with Gasteiger partial charge in [-0.05, 0) is 59.4 Å². The summed E-state index contributed by atoms with van der Waals surface area (Å²) in [5.74, 6) is 0. The molecule has 0 N–H and O–H groups in total. The lowest BCUT2D eigenvalue weighted by Gasteiger charge is -2.42. The Bertz CT molecular complexity index is 1910. The zero-order valence-corrected chi connectivity index (χ0v) is 33.7. The largest absolute Gasteiger partial charge is 0.414 e. The van der Waals surface area contributed by atoms with Crippen molar-refractivity contribution in [2.24, 2.45) is 12.5 Å². The molecule has 0 saturated carbocycles. The van der Waals surface area contributed by atoms with Gasteiger partial charge in [0.2, 0.25) is 0 Å². The van der Waals surface area contributed by atoms with E-state index in [1.165, 1.54) is 23.9 Å². The van der Waals surface area contributed by atoms with Crippen LogP contribution in [0.5, 0.6) is 0 Å². The number of ether oxygens (including phenoxy) is 1. The van der Waals surface area contributed by atoms with Gasteiger partial charge in [-0.3, -0.25) is 18.1 Å². The van der Waals surface area contributed by atoms with Crippen LogP contribution in [0.2, 0.25) is 24.2 Å². The maximum absolute atomic E-state index is 13.9. The summed E-state index contributed by atoms with van der Waals surface area (Å²) >= 11 is 0. The van der Waals surface area contributed by atoms with Crippen molar-refractivity contribution >= 4 is 37.1 Å². The number of aromatic nitrogens is 2. The molecule has 272 valence electrons. The smallest absolute Gasteiger partial charge is 0.332 e. The van der Waals surface area contributed by atoms with E-state index in [9.17, 15) is 18.0 Å². The van der Waals surface area contributed by atoms with Gasteiger partial charge in [-0.15, -0.1) is 0 Å². The molecule has 0 bridgehead atoms. The molecular formula is C37H52N2O8SSi2. The second-order valence-electron chi connectivity index (χ2n) is 16.3. The first kappa shape index (κ1) is 38.3. The van der Waals surface area contributed by atoms with Gasteiger partial charge in [-0.1, -0.05) is 102 Å². The Morgan fingerprint density at radius 1 is 0.920 bits per heavy atom. The molecule has 0 amide bonds. The maximum Gasteiger partial charge on any atom is 0.332 e. The molecule has 0 radical (unpaired) electrons. The molecule has 1 unspecified atom stereocenters. The first-order valence-electron chi connectivity index (χ1n) is 17.1. The highest BCUT2D eigenvalue weighted by atomic mass is 32.2. The molecule has 2 aliphatic heterocycles. The molecule has 1 saturated heterocycles. The Morgan fingerprint density at radius 3 is 1.96 bits per heavy atom. The predicted octanol–water partition coefficient (Wildman–Crippen LogP) is 4.97. The van der Waals surface area contributed by atoms with Crippen molar-refractivity contribution in [1.82, 2.24) is 9.13 Å². The lowest BCUT2D eigenvalue weighted by molar-refractivity contribution is -0.0548. The Hall–Kier alpha value is -2.92. The molecule has 1 spiro atoms. The molecule has 0 aliphatic carbocycles. The highest BCUT2D eigenvalue weighted by Gasteiger charge is 2.64. The molecule has 10 nitrogen and oxygen atoms in total. The topological polar surface area (TPSA) is 115 Å². The third-order valence-corrected chi connectivity index (χ3v) is 20.1. The molecule has 5 rings (SSSR count). The maximum atomic E-state index is 13.9. The van der Waals surface area contributed by atoms with E-state index in [1.807, 2.05) is 36.4 Å². The summed E-state index contributed by atoms with van der Waals surface area (Å²) in [6.45, 7) is 18.8. The fourth-order valence-electron chi connectivity index (χ4n) is 6.39. The van der Waals surface area contributed by atoms with E-state index in [-0.39, 0.29) is 17.1 Å². The average molecular weight is 741 g/mol. The zero-order valence-electron chi connectivity index (χ0n) is 30.9. The van der Waals surface area contributed by atoms with Gasteiger partial charge in [0, 0.05) is 18.8 Å². The highest BCUT2D eigenvalue weighted by Crippen LogP contribution is 2.49. The summed E-state index contributed by atoms with van der Waals surface area (Å²) in [6, 6.07) is 20.7. The number of benzene rings is 2. The van der Waals surface area contributed by atoms with E-state index in [1.54, 1.807) is 6.92 Å². The van der Waals surface area contributed by atoms with Crippen LogP contribution in [0.4, 0.5) is 0 Å². The minimum Gasteiger partial charge on any atom is -0.414 e. The number of hydrogen-bond acceptors (Lipinski definition) is 8. The Morgan fingerprint density at radius 2 is 1.48 bits per heavy atom. The minimum atomic E-state index is -4.16. The van der Waals surface area contributed by atoms with Crippen LogP contribution >= 0.6 is 0 Å². The summed E-state index contributed by atoms with van der Waals surface area (Å²) < 4.78 is 56.2. The Balaban J connectivity index is 1.79. The first-order valence-corrected chi connectivity index (χ1v) is 23.6. The van der Waals surface area contributed by atoms with Crippen molar-refractivity contribution in [1.29, 1.82) is 0 Å². The van der Waals surface area contributed by atoms with E-state index in [4.69, 9.17) is 17.8 Å². The molecule has 2 aromatic carbocycles. The summed E-state index contributed by atoms with van der Waals surface area (Å²) in [7, 11) is -8.43. The molecule has 50 heavy (non-hydrogen) atoms. The molecule has 13 heteroatoms. The fourth-order valence-corrected chi connectivity index (χ4v) is 13.1. The summed E-state index contributed by atoms with van der Waals surface area (Å²) in [6.07, 6.45) is 0.461. The van der Waals surface area contributed by atoms with E-state index >= 15 is 0 Å². The van der Waals surface area contributed by atoms with Crippen molar-refractivity contribution in [3.63, 3.8) is 0 Å². The summed E-state index contributed by atoms with van der Waals surface area (Å²) in [5, 5.41) is 2.87. The second kappa shape index (κ2) is 13.6. The molecule has 4 atom stereocenters. The van der Waals surface area contributed by atoms with Gasteiger partial charge < -0.3 is 13.6 Å². The highest BCUT2D eigenvalue weighted by molar-refractivity contribution is 7.90.